The van der Waals surface area contributed by atoms with Gasteiger partial charge in [0.1, 0.15) is 5.82 Å². The molecule has 2 aromatic carbocycles. The van der Waals surface area contributed by atoms with Crippen molar-refractivity contribution in [2.24, 2.45) is 15.7 Å². The van der Waals surface area contributed by atoms with Crippen LogP contribution in [0.3, 0.4) is 0 Å². The molecule has 0 radical (unpaired) electrons. The van der Waals surface area contributed by atoms with E-state index >= 15 is 0 Å². The van der Waals surface area contributed by atoms with Crippen LogP contribution in [0.2, 0.25) is 0 Å². The van der Waals surface area contributed by atoms with Gasteiger partial charge in [-0.15, -0.1) is 0 Å². The fraction of sp³-hybridized carbons (Fsp3) is 0.292. The molecule has 0 spiro atoms. The molecule has 0 saturated carbocycles. The molecular formula is C24H29FN6O. The van der Waals surface area contributed by atoms with Crippen LogP contribution in [0.4, 0.5) is 10.3 Å². The first kappa shape index (κ1) is 23.0. The summed E-state index contributed by atoms with van der Waals surface area (Å²) in [5, 5.41) is 4.19. The van der Waals surface area contributed by atoms with Crippen LogP contribution in [-0.4, -0.2) is 55.1 Å². The molecule has 3 rings (SSSR count). The molecule has 0 saturated heterocycles. The molecule has 7 nitrogen and oxygen atoms in total. The molecular weight excluding hydrogens is 407 g/mol. The molecule has 0 amide bonds. The number of rotatable bonds is 4. The highest BCUT2D eigenvalue weighted by Crippen LogP contribution is 2.35. The Morgan fingerprint density at radius 1 is 1.00 bits per heavy atom. The van der Waals surface area contributed by atoms with Crippen LogP contribution in [0.25, 0.3) is 11.1 Å². The zero-order chi connectivity index (χ0) is 23.5. The summed E-state index contributed by atoms with van der Waals surface area (Å²) in [5.74, 6) is 0.682. The van der Waals surface area contributed by atoms with Gasteiger partial charge in [-0.3, -0.25) is 0 Å². The van der Waals surface area contributed by atoms with E-state index in [9.17, 15) is 4.39 Å². The van der Waals surface area contributed by atoms with Crippen molar-refractivity contribution in [3.05, 3.63) is 71.7 Å². The second-order valence-corrected chi connectivity index (χ2v) is 8.41. The predicted octanol–water partition coefficient (Wildman–Crippen LogP) is 4.23. The summed E-state index contributed by atoms with van der Waals surface area (Å²) in [6.45, 7) is 3.93. The summed E-state index contributed by atoms with van der Waals surface area (Å²) in [5.41, 5.74) is 8.12. The summed E-state index contributed by atoms with van der Waals surface area (Å²) in [7, 11) is 7.21. The largest absolute Gasteiger partial charge is 0.369 e. The number of benzene rings is 2. The Morgan fingerprint density at radius 2 is 1.69 bits per heavy atom. The fourth-order valence-electron chi connectivity index (χ4n) is 3.04. The Balaban J connectivity index is 1.92. The van der Waals surface area contributed by atoms with Gasteiger partial charge in [0, 0.05) is 45.2 Å². The number of nitrogens with two attached hydrogens (primary N) is 1. The number of aromatic nitrogens is 1. The third-order valence-electron chi connectivity index (χ3n) is 5.20. The number of halogens is 1. The number of aliphatic imine (C=N–C) groups is 2. The first-order valence-electron chi connectivity index (χ1n) is 10.2. The molecule has 3 aromatic rings. The van der Waals surface area contributed by atoms with E-state index in [0.29, 0.717) is 23.2 Å². The van der Waals surface area contributed by atoms with Crippen LogP contribution in [0.5, 0.6) is 0 Å². The molecule has 2 N–H and O–H groups in total. The Labute approximate surface area is 188 Å². The Hall–Kier alpha value is -3.68. The van der Waals surface area contributed by atoms with Crippen molar-refractivity contribution >= 4 is 17.8 Å². The van der Waals surface area contributed by atoms with E-state index in [0.717, 1.165) is 11.1 Å². The van der Waals surface area contributed by atoms with Gasteiger partial charge >= 0.3 is 0 Å². The van der Waals surface area contributed by atoms with Crippen LogP contribution >= 0.6 is 0 Å². The third kappa shape index (κ3) is 4.96. The van der Waals surface area contributed by atoms with Crippen molar-refractivity contribution in [2.45, 2.75) is 19.3 Å². The fourth-order valence-corrected chi connectivity index (χ4v) is 3.04. The maximum Gasteiger partial charge on any atom is 0.253 e. The molecule has 8 heteroatoms. The van der Waals surface area contributed by atoms with Gasteiger partial charge in [0.15, 0.2) is 5.96 Å². The summed E-state index contributed by atoms with van der Waals surface area (Å²) >= 11 is 0. The monoisotopic (exact) mass is 436 g/mol. The average Bonchev–Trinajstić information content (AvgIpc) is 3.23. The van der Waals surface area contributed by atoms with Crippen molar-refractivity contribution in [3.8, 4) is 11.1 Å². The number of nitrogens with zero attached hydrogens (tertiary/aromatic N) is 5. The lowest BCUT2D eigenvalue weighted by molar-refractivity contribution is 0.405. The molecule has 0 bridgehead atoms. The van der Waals surface area contributed by atoms with Gasteiger partial charge in [0.25, 0.3) is 5.88 Å². The standard InChI is InChI=1S/C24H29FN6O/c1-24(2,17-12-13-18(19(25)14-17)16-10-8-7-9-11-16)20-15-21(32-29-20)27-23(31(5)6)28-22(26)30(3)4/h7-15H,1-6H3,(H2,26,27,28). The predicted molar refractivity (Wildman–Crippen MR) is 127 cm³/mol. The highest BCUT2D eigenvalue weighted by Gasteiger charge is 2.28. The molecule has 32 heavy (non-hydrogen) atoms. The molecule has 0 unspecified atom stereocenters. The van der Waals surface area contributed by atoms with Crippen LogP contribution < -0.4 is 5.73 Å². The van der Waals surface area contributed by atoms with Crippen LogP contribution in [0, 0.1) is 5.82 Å². The SMILES string of the molecule is CN(C)C(N)=NC(=Nc1cc(C(C)(C)c2ccc(-c3ccccc3)c(F)c2)no1)N(C)C. The molecule has 1 heterocycles. The summed E-state index contributed by atoms with van der Waals surface area (Å²) in [4.78, 5) is 12.1. The number of guanidine groups is 2. The van der Waals surface area contributed by atoms with Crippen molar-refractivity contribution < 1.29 is 8.91 Å². The van der Waals surface area contributed by atoms with Crippen molar-refractivity contribution in [3.63, 3.8) is 0 Å². The molecule has 0 aliphatic rings. The van der Waals surface area contributed by atoms with E-state index in [1.54, 1.807) is 42.1 Å². The molecule has 168 valence electrons. The highest BCUT2D eigenvalue weighted by molar-refractivity contribution is 5.94. The Bertz CT molecular complexity index is 1130. The minimum Gasteiger partial charge on any atom is -0.369 e. The van der Waals surface area contributed by atoms with Gasteiger partial charge in [0.05, 0.1) is 5.69 Å². The van der Waals surface area contributed by atoms with E-state index < -0.39 is 5.41 Å². The lowest BCUT2D eigenvalue weighted by Crippen LogP contribution is -2.33. The van der Waals surface area contributed by atoms with Crippen LogP contribution in [0.15, 0.2) is 69.1 Å². The minimum absolute atomic E-state index is 0.285. The van der Waals surface area contributed by atoms with Gasteiger partial charge in [-0.25, -0.2) is 4.39 Å². The average molecular weight is 437 g/mol. The van der Waals surface area contributed by atoms with E-state index in [4.69, 9.17) is 10.3 Å². The number of hydrogen-bond donors (Lipinski definition) is 1. The summed E-state index contributed by atoms with van der Waals surface area (Å²) in [6, 6.07) is 16.5. The lowest BCUT2D eigenvalue weighted by Gasteiger charge is -2.23. The normalized spacial score (nSPS) is 12.7. The zero-order valence-corrected chi connectivity index (χ0v) is 19.3. The molecule has 0 aliphatic carbocycles. The van der Waals surface area contributed by atoms with Gasteiger partial charge in [-0.05, 0) is 17.2 Å². The van der Waals surface area contributed by atoms with E-state index in [2.05, 4.69) is 15.1 Å². The highest BCUT2D eigenvalue weighted by atomic mass is 19.1. The first-order valence-corrected chi connectivity index (χ1v) is 10.2. The Kier molecular flexibility index (Phi) is 6.62. The third-order valence-corrected chi connectivity index (χ3v) is 5.20. The lowest BCUT2D eigenvalue weighted by atomic mass is 9.81. The van der Waals surface area contributed by atoms with Crippen molar-refractivity contribution in [2.75, 3.05) is 28.2 Å². The molecule has 1 aromatic heterocycles. The maximum atomic E-state index is 14.9. The van der Waals surface area contributed by atoms with Gasteiger partial charge < -0.3 is 20.1 Å². The number of hydrogen-bond acceptors (Lipinski definition) is 3. The second kappa shape index (κ2) is 9.21. The summed E-state index contributed by atoms with van der Waals surface area (Å²) < 4.78 is 20.4. The van der Waals surface area contributed by atoms with Gasteiger partial charge in [-0.2, -0.15) is 9.98 Å². The zero-order valence-electron chi connectivity index (χ0n) is 19.3. The maximum absolute atomic E-state index is 14.9. The van der Waals surface area contributed by atoms with E-state index in [-0.39, 0.29) is 11.7 Å². The van der Waals surface area contributed by atoms with Gasteiger partial charge in [0.2, 0.25) is 5.96 Å². The molecule has 0 atom stereocenters. The van der Waals surface area contributed by atoms with E-state index in [1.807, 2.05) is 64.3 Å². The minimum atomic E-state index is -0.600. The Morgan fingerprint density at radius 3 is 2.28 bits per heavy atom. The first-order chi connectivity index (χ1) is 15.1. The second-order valence-electron chi connectivity index (χ2n) is 8.41. The summed E-state index contributed by atoms with van der Waals surface area (Å²) in [6.07, 6.45) is 0. The molecule has 0 fully saturated rings. The quantitative estimate of drug-likeness (QED) is 0.489. The molecule has 0 aliphatic heterocycles. The van der Waals surface area contributed by atoms with E-state index in [1.165, 1.54) is 0 Å². The van der Waals surface area contributed by atoms with Crippen molar-refractivity contribution in [1.29, 1.82) is 0 Å². The topological polar surface area (TPSA) is 83.2 Å². The van der Waals surface area contributed by atoms with Crippen LogP contribution in [-0.2, 0) is 5.41 Å². The van der Waals surface area contributed by atoms with Gasteiger partial charge in [-0.1, -0.05) is 61.5 Å². The smallest absolute Gasteiger partial charge is 0.253 e. The van der Waals surface area contributed by atoms with Crippen molar-refractivity contribution in [1.82, 2.24) is 15.0 Å². The van der Waals surface area contributed by atoms with Crippen LogP contribution in [0.1, 0.15) is 25.1 Å².